The monoisotopic (exact) mass is 2070 g/mol. The second-order valence-electron chi connectivity index (χ2n) is 30.2. The molecule has 42 heteroatoms. The van der Waals surface area contributed by atoms with Crippen molar-refractivity contribution in [2.24, 2.45) is 0 Å². The van der Waals surface area contributed by atoms with Gasteiger partial charge in [-0.1, -0.05) is 112 Å². The van der Waals surface area contributed by atoms with Crippen molar-refractivity contribution < 1.29 is 84.7 Å². The van der Waals surface area contributed by atoms with Crippen molar-refractivity contribution in [3.63, 3.8) is 0 Å². The van der Waals surface area contributed by atoms with E-state index in [0.717, 1.165) is 106 Å². The molecule has 676 valence electrons. The van der Waals surface area contributed by atoms with Crippen molar-refractivity contribution >= 4 is 169 Å². The Morgan fingerprint density at radius 1 is 0.472 bits per heavy atom. The van der Waals surface area contributed by atoms with Gasteiger partial charge in [-0.05, 0) is 192 Å². The van der Waals surface area contributed by atoms with E-state index < -0.39 is 33.0 Å². The molecule has 11 aromatic rings. The Hall–Kier alpha value is -8.45. The first-order valence-electron chi connectivity index (χ1n) is 38.0. The summed E-state index contributed by atoms with van der Waals surface area (Å²) in [6.07, 6.45) is 14.6. The number of ether oxygens (including phenoxy) is 2. The van der Waals surface area contributed by atoms with Gasteiger partial charge in [-0.15, -0.1) is 12.4 Å². The number of carbonyl (C=O) groups is 4. The number of carboxylic acid groups (broad SMARTS) is 2. The number of anilines is 3. The number of rotatable bonds is 13. The third-order valence-corrected chi connectivity index (χ3v) is 20.7. The molecule has 4 aliphatic rings. The second kappa shape index (κ2) is 50.7. The van der Waals surface area contributed by atoms with Gasteiger partial charge in [0.1, 0.15) is 42.8 Å². The zero-order valence-electron chi connectivity index (χ0n) is 72.6. The average Bonchev–Trinajstić information content (AvgIpc) is 1.61. The summed E-state index contributed by atoms with van der Waals surface area (Å²) in [6, 6.07) is 38.6. The molecule has 4 bridgehead atoms. The zero-order chi connectivity index (χ0) is 89.1. The first kappa shape index (κ1) is 111. The zero-order valence-corrected chi connectivity index (χ0v) is 84.2. The summed E-state index contributed by atoms with van der Waals surface area (Å²) in [5.74, 6) is 0.541. The predicted octanol–water partition coefficient (Wildman–Crippen LogP) is 15.3. The van der Waals surface area contributed by atoms with E-state index in [1.54, 1.807) is 68.0 Å². The molecule has 4 saturated heterocycles. The minimum atomic E-state index is -3.44. The maximum Gasteiger partial charge on any atom is 2.00 e. The Balaban J connectivity index is 0.000000333. The van der Waals surface area contributed by atoms with Crippen molar-refractivity contribution in [3.05, 3.63) is 214 Å². The molecule has 127 heavy (non-hydrogen) atoms. The molecule has 4 unspecified atom stereocenters. The van der Waals surface area contributed by atoms with E-state index in [0.29, 0.717) is 85.9 Å². The van der Waals surface area contributed by atoms with Crippen LogP contribution in [0.4, 0.5) is 27.3 Å². The summed E-state index contributed by atoms with van der Waals surface area (Å²) in [6.45, 7) is 26.0. The van der Waals surface area contributed by atoms with Gasteiger partial charge >= 0.3 is 35.2 Å². The van der Waals surface area contributed by atoms with E-state index >= 15 is 0 Å². The number of sulfone groups is 1. The van der Waals surface area contributed by atoms with Crippen LogP contribution in [-0.2, 0) is 49.3 Å². The fraction of sp³-hybridized carbons (Fsp3) is 0.341. The molecule has 10 aromatic heterocycles. The van der Waals surface area contributed by atoms with Gasteiger partial charge in [0.25, 0.3) is 11.9 Å². The van der Waals surface area contributed by atoms with Gasteiger partial charge in [0.15, 0.2) is 10.3 Å². The van der Waals surface area contributed by atoms with Crippen molar-refractivity contribution in [2.45, 2.75) is 160 Å². The SMILES string of the molecule is CC(=O)O.CC(=O)O.CSc1nc(C)cc(-c2ccnc(Cl)c2)n1.CSc1nc(Cl)cc(-c2ccnc(Cl)c2)n1.Cc1cc(-c2ccnc(Cl)c2)nc(N2CC3CC2CN3C(=O)OC(C)(C)C)n1.Cc1cc(-c2ccnc(Cl)c2)nc(S(C)(=O)=O)n1.Cc1cc(-c2ccnc(N[C@@H](C)c3ccccc3)c2)nc(N2CC3CC2CN3C(=O)OC(C)(C)C)n1.Cl.[Br-].[CH3-].[Mg+2].[Pd]. The van der Waals surface area contributed by atoms with Crippen LogP contribution in [0.5, 0.6) is 0 Å². The molecule has 3 N–H and O–H groups in total. The molecular formula is C85H97BrCl6MgN20O10PdS3. The number of aliphatic carboxylic acids is 2. The van der Waals surface area contributed by atoms with E-state index in [1.807, 2.05) is 158 Å². The molecule has 0 radical (unpaired) electrons. The second-order valence-corrected chi connectivity index (χ2v) is 35.5. The van der Waals surface area contributed by atoms with Crippen LogP contribution in [0.2, 0.25) is 25.8 Å². The van der Waals surface area contributed by atoms with Gasteiger partial charge in [-0.25, -0.2) is 92.8 Å². The van der Waals surface area contributed by atoms with Crippen molar-refractivity contribution in [1.82, 2.24) is 84.6 Å². The summed E-state index contributed by atoms with van der Waals surface area (Å²) in [5.41, 5.74) is 11.8. The number of hydrogen-bond acceptors (Lipinski definition) is 28. The van der Waals surface area contributed by atoms with Gasteiger partial charge in [0.05, 0.1) is 52.6 Å². The summed E-state index contributed by atoms with van der Waals surface area (Å²) < 4.78 is 34.1. The Bertz CT molecular complexity index is 5550. The Kier molecular flexibility index (Phi) is 44.2. The fourth-order valence-electron chi connectivity index (χ4n) is 12.8. The number of benzene rings is 1. The summed E-state index contributed by atoms with van der Waals surface area (Å²) in [4.78, 5) is 116. The first-order valence-corrected chi connectivity index (χ1v) is 44.2. The summed E-state index contributed by atoms with van der Waals surface area (Å²) in [5, 5.41) is 21.6. The predicted molar refractivity (Wildman–Crippen MR) is 496 cm³/mol. The number of aromatic nitrogens is 15. The Morgan fingerprint density at radius 3 is 1.15 bits per heavy atom. The van der Waals surface area contributed by atoms with Crippen LogP contribution in [0.3, 0.4) is 0 Å². The number of fused-ring (bicyclic) bond motifs is 4. The van der Waals surface area contributed by atoms with Crippen molar-refractivity contribution in [1.29, 1.82) is 0 Å². The molecule has 5 atom stereocenters. The van der Waals surface area contributed by atoms with Crippen molar-refractivity contribution in [2.75, 3.05) is 60.1 Å². The molecule has 14 heterocycles. The van der Waals surface area contributed by atoms with E-state index in [4.69, 9.17) is 102 Å². The number of likely N-dealkylation sites (tertiary alicyclic amines) is 2. The van der Waals surface area contributed by atoms with Crippen LogP contribution in [-0.4, -0.2) is 231 Å². The first-order chi connectivity index (χ1) is 57.5. The molecule has 15 rings (SSSR count). The third-order valence-electron chi connectivity index (χ3n) is 17.8. The van der Waals surface area contributed by atoms with Crippen LogP contribution in [0.1, 0.15) is 110 Å². The molecule has 0 saturated carbocycles. The number of thioether (sulfide) groups is 2. The van der Waals surface area contributed by atoms with Crippen LogP contribution < -0.4 is 32.1 Å². The minimum absolute atomic E-state index is 0. The summed E-state index contributed by atoms with van der Waals surface area (Å²) >= 11 is 32.4. The Morgan fingerprint density at radius 2 is 0.803 bits per heavy atom. The molecule has 1 aromatic carbocycles. The molecule has 2 amide bonds. The van der Waals surface area contributed by atoms with Gasteiger partial charge < -0.3 is 69.0 Å². The van der Waals surface area contributed by atoms with Gasteiger partial charge in [-0.2, -0.15) is 0 Å². The minimum Gasteiger partial charge on any atom is -1.00 e. The third kappa shape index (κ3) is 34.4. The molecule has 0 spiro atoms. The number of nitrogens with one attached hydrogen (secondary N) is 1. The van der Waals surface area contributed by atoms with Crippen LogP contribution in [0.15, 0.2) is 168 Å². The molecule has 4 aliphatic heterocycles. The standard InChI is InChI=1S/C28H34N6O2.C20H24ClN5O2.C11H10ClN3O2S.C11H10ClN3S.C10H7Cl2N3S.2C2H4O2.CH3.BrH.ClH.Mg.Pd/c1-18-13-24(21-11-12-29-25(14-21)31-19(2)20-9-7-6-8-10-20)32-26(30-18)33-16-23-15-22(33)17-34(23)27(35)36-28(3,4)5;1-12-7-16(13-5-6-22-17(21)8-13)24-18(23-12)25-10-15-9-14(25)11-26(15)19(27)28-20(2,3)4;1-7-5-9(8-3-4-13-10(12)6-8)15-11(14-7)18(2,16)17;1-7-5-9(15-11(14-7)16-2)8-3-4-13-10(12)6-8;1-16-10-14-7(5-9(12)15-10)6-2-3-13-8(11)4-6;2*1-2(3)4;;;;;/h6-14,19,22-23H,15-17H2,1-5H3,(H,29,31);5-8,14-15H,9-11H2,1-4H3;3-6H,1-2H3;3-6H,1-2H3;2-5H,1H3;2*1H3,(H,3,4);1H3;2*1H;;/q;;;;;;;-1;;;+2;/p-1/t19-,22?,23?;;;;;;;;;;;/m0.........../s1. The molecule has 4 fully saturated rings. The average molecular weight is 2080 g/mol. The number of nitrogens with zero attached hydrogens (tertiary/aromatic N) is 19. The van der Waals surface area contributed by atoms with Gasteiger partial charge in [0.2, 0.25) is 26.9 Å². The van der Waals surface area contributed by atoms with E-state index in [-0.39, 0.29) is 128 Å². The number of carboxylic acids is 2. The number of piperazine rings is 2. The maximum atomic E-state index is 12.6. The normalized spacial score (nSPS) is 15.0. The number of halogens is 7. The number of hydrogen-bond donors (Lipinski definition) is 3. The quantitative estimate of drug-likeness (QED) is 0.0241. The number of pyridine rings is 5. The largest absolute Gasteiger partial charge is 2.00 e. The summed E-state index contributed by atoms with van der Waals surface area (Å²) in [7, 11) is -3.44. The topological polar surface area (TPSA) is 380 Å². The number of amides is 2. The van der Waals surface area contributed by atoms with E-state index in [9.17, 15) is 18.0 Å². The Labute approximate surface area is 820 Å². The van der Waals surface area contributed by atoms with Crippen LogP contribution in [0, 0.1) is 35.1 Å². The smallest absolute Gasteiger partial charge is 1.00 e. The van der Waals surface area contributed by atoms with E-state index in [1.165, 1.54) is 35.3 Å². The van der Waals surface area contributed by atoms with E-state index in [2.05, 4.69) is 94.0 Å². The van der Waals surface area contributed by atoms with Crippen molar-refractivity contribution in [3.8, 4) is 56.3 Å². The van der Waals surface area contributed by atoms with Gasteiger partial charge in [0, 0.05) is 160 Å². The molecular weight excluding hydrogens is 1980 g/mol. The van der Waals surface area contributed by atoms with Crippen LogP contribution >= 0.6 is 93.9 Å². The molecule has 30 nitrogen and oxygen atoms in total. The molecule has 0 aliphatic carbocycles. The van der Waals surface area contributed by atoms with Gasteiger partial charge in [-0.3, -0.25) is 9.59 Å². The number of carbonyl (C=O) groups excluding carboxylic acids is 2. The fourth-order valence-corrected chi connectivity index (χ4v) is 15.1. The van der Waals surface area contributed by atoms with Crippen LogP contribution in [0.25, 0.3) is 56.3 Å². The maximum absolute atomic E-state index is 12.6. The number of aryl methyl sites for hydroxylation is 4.